The Morgan fingerprint density at radius 3 is 2.65 bits per heavy atom. The fraction of sp³-hybridized carbons (Fsp3) is 0.107. The molecule has 0 aliphatic heterocycles. The fourth-order valence-corrected chi connectivity index (χ4v) is 4.34. The van der Waals surface area contributed by atoms with E-state index in [1.807, 2.05) is 90.8 Å². The summed E-state index contributed by atoms with van der Waals surface area (Å²) in [5.41, 5.74) is 6.70. The van der Waals surface area contributed by atoms with Crippen molar-refractivity contribution in [1.29, 1.82) is 0 Å². The zero-order valence-electron chi connectivity index (χ0n) is 18.8. The highest BCUT2D eigenvalue weighted by atomic mass is 16.5. The van der Waals surface area contributed by atoms with Crippen LogP contribution in [-0.4, -0.2) is 30.8 Å². The molecule has 6 nitrogen and oxygen atoms in total. The third kappa shape index (κ3) is 3.69. The summed E-state index contributed by atoms with van der Waals surface area (Å²) in [6, 6.07) is 24.3. The minimum Gasteiger partial charge on any atom is -0.492 e. The number of benzene rings is 1. The highest BCUT2D eigenvalue weighted by Crippen LogP contribution is 2.38. The Labute approximate surface area is 197 Å². The molecule has 0 radical (unpaired) electrons. The van der Waals surface area contributed by atoms with E-state index in [2.05, 4.69) is 27.8 Å². The van der Waals surface area contributed by atoms with E-state index >= 15 is 0 Å². The maximum atomic E-state index is 6.01. The lowest BCUT2D eigenvalue weighted by molar-refractivity contribution is 0.299. The minimum atomic E-state index is 0.594. The van der Waals surface area contributed by atoms with Crippen LogP contribution in [0.3, 0.4) is 0 Å². The summed E-state index contributed by atoms with van der Waals surface area (Å²) in [4.78, 5) is 9.40. The first kappa shape index (κ1) is 20.2. The van der Waals surface area contributed by atoms with Gasteiger partial charge < -0.3 is 9.30 Å². The molecule has 0 N–H and O–H groups in total. The van der Waals surface area contributed by atoms with Gasteiger partial charge in [0.2, 0.25) is 0 Å². The van der Waals surface area contributed by atoms with Gasteiger partial charge in [0.05, 0.1) is 23.3 Å². The van der Waals surface area contributed by atoms with E-state index in [9.17, 15) is 0 Å². The molecule has 0 spiro atoms. The zero-order valence-corrected chi connectivity index (χ0v) is 18.8. The largest absolute Gasteiger partial charge is 0.492 e. The predicted octanol–water partition coefficient (Wildman–Crippen LogP) is 5.80. The molecule has 0 fully saturated rings. The molecule has 6 heteroatoms. The maximum Gasteiger partial charge on any atom is 0.121 e. The van der Waals surface area contributed by atoms with E-state index in [-0.39, 0.29) is 0 Å². The van der Waals surface area contributed by atoms with Crippen molar-refractivity contribution >= 4 is 16.4 Å². The summed E-state index contributed by atoms with van der Waals surface area (Å²) < 4.78 is 10.0. The molecular weight excluding hydrogens is 422 g/mol. The van der Waals surface area contributed by atoms with Crippen molar-refractivity contribution in [1.82, 2.24) is 24.1 Å². The van der Waals surface area contributed by atoms with Crippen LogP contribution in [0.25, 0.3) is 38.9 Å². The van der Waals surface area contributed by atoms with Crippen LogP contribution >= 0.6 is 0 Å². The normalized spacial score (nSPS) is 11.3. The van der Waals surface area contributed by atoms with Crippen molar-refractivity contribution in [3.05, 3.63) is 103 Å². The van der Waals surface area contributed by atoms with Crippen molar-refractivity contribution in [2.75, 3.05) is 6.61 Å². The third-order valence-corrected chi connectivity index (χ3v) is 5.94. The molecule has 0 bridgehead atoms. The van der Waals surface area contributed by atoms with Gasteiger partial charge in [-0.15, -0.1) is 0 Å². The van der Waals surface area contributed by atoms with Crippen LogP contribution in [0, 0.1) is 6.92 Å². The second-order valence-corrected chi connectivity index (χ2v) is 8.23. The first-order valence-corrected chi connectivity index (χ1v) is 11.3. The van der Waals surface area contributed by atoms with Crippen LogP contribution in [0.5, 0.6) is 5.75 Å². The smallest absolute Gasteiger partial charge is 0.121 e. The molecule has 0 saturated heterocycles. The molecule has 6 rings (SSSR count). The van der Waals surface area contributed by atoms with Crippen molar-refractivity contribution in [3.8, 4) is 28.3 Å². The van der Waals surface area contributed by atoms with Crippen LogP contribution in [0.4, 0.5) is 0 Å². The molecule has 6 aromatic rings. The summed E-state index contributed by atoms with van der Waals surface area (Å²) in [5, 5.41) is 5.95. The molecule has 5 heterocycles. The lowest BCUT2D eigenvalue weighted by Crippen LogP contribution is -2.06. The van der Waals surface area contributed by atoms with Crippen LogP contribution in [0.2, 0.25) is 0 Å². The molecule has 5 aromatic heterocycles. The van der Waals surface area contributed by atoms with Crippen LogP contribution in [0.15, 0.2) is 97.6 Å². The first-order valence-electron chi connectivity index (χ1n) is 11.3. The van der Waals surface area contributed by atoms with Gasteiger partial charge >= 0.3 is 0 Å². The number of hydrogen-bond acceptors (Lipinski definition) is 4. The van der Waals surface area contributed by atoms with Gasteiger partial charge in [0, 0.05) is 47.5 Å². The van der Waals surface area contributed by atoms with Gasteiger partial charge in [0.25, 0.3) is 0 Å². The number of nitrogens with zero attached hydrogens (tertiary/aromatic N) is 5. The quantitative estimate of drug-likeness (QED) is 0.325. The van der Waals surface area contributed by atoms with E-state index in [4.69, 9.17) is 14.8 Å². The number of rotatable bonds is 6. The summed E-state index contributed by atoms with van der Waals surface area (Å²) in [6.07, 6.45) is 7.89. The Hall–Kier alpha value is -4.45. The van der Waals surface area contributed by atoms with E-state index in [0.717, 1.165) is 56.9 Å². The number of ether oxygens (including phenoxy) is 1. The Balaban J connectivity index is 1.44. The first-order chi connectivity index (χ1) is 16.8. The second-order valence-electron chi connectivity index (χ2n) is 8.23. The average molecular weight is 446 g/mol. The van der Waals surface area contributed by atoms with Crippen molar-refractivity contribution in [2.24, 2.45) is 0 Å². The van der Waals surface area contributed by atoms with Gasteiger partial charge in [-0.3, -0.25) is 9.97 Å². The summed E-state index contributed by atoms with van der Waals surface area (Å²) in [6.45, 7) is 3.39. The van der Waals surface area contributed by atoms with E-state index in [1.54, 1.807) is 0 Å². The van der Waals surface area contributed by atoms with Gasteiger partial charge in [-0.2, -0.15) is 5.10 Å². The Morgan fingerprint density at radius 2 is 1.76 bits per heavy atom. The number of hydrogen-bond donors (Lipinski definition) is 0. The van der Waals surface area contributed by atoms with Crippen molar-refractivity contribution in [2.45, 2.75) is 13.5 Å². The van der Waals surface area contributed by atoms with Crippen LogP contribution < -0.4 is 4.74 Å². The summed E-state index contributed by atoms with van der Waals surface area (Å²) in [7, 11) is 0. The van der Waals surface area contributed by atoms with Gasteiger partial charge in [-0.25, -0.2) is 4.52 Å². The highest BCUT2D eigenvalue weighted by molar-refractivity contribution is 6.03. The van der Waals surface area contributed by atoms with Gasteiger partial charge in [-0.1, -0.05) is 12.1 Å². The van der Waals surface area contributed by atoms with E-state index in [1.165, 1.54) is 0 Å². The van der Waals surface area contributed by atoms with Gasteiger partial charge in [0.15, 0.2) is 0 Å². The molecule has 166 valence electrons. The second kappa shape index (κ2) is 8.48. The standard InChI is InChI=1S/C28H23N5O/c1-20-7-6-8-24(30-20)28-27(26-9-2-3-16-33(26)31-28)23-12-13-29-25-19-21(10-11-22(23)25)34-18-17-32-14-4-5-15-32/h2-16,19H,17-18H2,1H3. The van der Waals surface area contributed by atoms with Crippen LogP contribution in [0.1, 0.15) is 5.69 Å². The van der Waals surface area contributed by atoms with Crippen LogP contribution in [-0.2, 0) is 6.54 Å². The molecule has 0 amide bonds. The van der Waals surface area contributed by atoms with E-state index in [0.29, 0.717) is 6.61 Å². The number of aromatic nitrogens is 5. The molecule has 0 aliphatic rings. The molecule has 0 saturated carbocycles. The molecule has 0 unspecified atom stereocenters. The van der Waals surface area contributed by atoms with Gasteiger partial charge in [0.1, 0.15) is 18.1 Å². The topological polar surface area (TPSA) is 57.2 Å². The lowest BCUT2D eigenvalue weighted by atomic mass is 9.98. The highest BCUT2D eigenvalue weighted by Gasteiger charge is 2.19. The summed E-state index contributed by atoms with van der Waals surface area (Å²) >= 11 is 0. The Morgan fingerprint density at radius 1 is 0.882 bits per heavy atom. The van der Waals surface area contributed by atoms with Crippen molar-refractivity contribution in [3.63, 3.8) is 0 Å². The Bertz CT molecular complexity index is 1600. The number of pyridine rings is 3. The maximum absolute atomic E-state index is 6.01. The monoisotopic (exact) mass is 445 g/mol. The fourth-order valence-electron chi connectivity index (χ4n) is 4.34. The number of fused-ring (bicyclic) bond motifs is 2. The lowest BCUT2D eigenvalue weighted by Gasteiger charge is -2.11. The zero-order chi connectivity index (χ0) is 22.9. The molecule has 34 heavy (non-hydrogen) atoms. The molecule has 0 aliphatic carbocycles. The molecule has 0 atom stereocenters. The average Bonchev–Trinajstić information content (AvgIpc) is 3.51. The SMILES string of the molecule is Cc1cccc(-c2nn3ccccc3c2-c2ccnc3cc(OCCn4cccc4)ccc23)n1. The molecular formula is C28H23N5O. The van der Waals surface area contributed by atoms with Crippen molar-refractivity contribution < 1.29 is 4.74 Å². The molecule has 1 aromatic carbocycles. The van der Waals surface area contributed by atoms with Gasteiger partial charge in [-0.05, 0) is 67.1 Å². The minimum absolute atomic E-state index is 0.594. The summed E-state index contributed by atoms with van der Waals surface area (Å²) in [5.74, 6) is 0.810. The number of aryl methyl sites for hydroxylation is 1. The van der Waals surface area contributed by atoms with E-state index < -0.39 is 0 Å². The third-order valence-electron chi connectivity index (χ3n) is 5.94. The Kier molecular flexibility index (Phi) is 5.03. The predicted molar refractivity (Wildman–Crippen MR) is 134 cm³/mol.